The van der Waals surface area contributed by atoms with Crippen molar-refractivity contribution in [1.82, 2.24) is 0 Å². The number of hydrogen-bond donors (Lipinski definition) is 0. The molecule has 0 N–H and O–H groups in total. The first-order valence-corrected chi connectivity index (χ1v) is 8.09. The maximum absolute atomic E-state index is 11.9. The van der Waals surface area contributed by atoms with Crippen LogP contribution in [0.2, 0.25) is 0 Å². The van der Waals surface area contributed by atoms with Crippen LogP contribution in [0.1, 0.15) is 79.1 Å². The number of carbonyl (C=O) groups is 1. The highest BCUT2D eigenvalue weighted by atomic mass is 16.5. The van der Waals surface area contributed by atoms with Gasteiger partial charge in [0.1, 0.15) is 0 Å². The summed E-state index contributed by atoms with van der Waals surface area (Å²) >= 11 is 0. The Hall–Kier alpha value is -0.530. The molecule has 0 unspecified atom stereocenters. The molecular weight excluding hydrogens is 236 g/mol. The first-order chi connectivity index (χ1) is 8.92. The van der Waals surface area contributed by atoms with E-state index < -0.39 is 0 Å². The molecular formula is C17H32O2. The van der Waals surface area contributed by atoms with Crippen molar-refractivity contribution >= 4 is 5.97 Å². The Labute approximate surface area is 119 Å². The molecule has 1 aliphatic carbocycles. The van der Waals surface area contributed by atoms with Crippen molar-refractivity contribution in [2.24, 2.45) is 17.3 Å². The maximum Gasteiger partial charge on any atom is 0.308 e. The third-order valence-electron chi connectivity index (χ3n) is 4.07. The third-order valence-corrected chi connectivity index (χ3v) is 4.07. The van der Waals surface area contributed by atoms with Gasteiger partial charge in [0.25, 0.3) is 0 Å². The van der Waals surface area contributed by atoms with Crippen molar-refractivity contribution < 1.29 is 9.53 Å². The normalized spacial score (nSPS) is 24.2. The van der Waals surface area contributed by atoms with Gasteiger partial charge in [-0.1, -0.05) is 40.5 Å². The van der Waals surface area contributed by atoms with E-state index in [-0.39, 0.29) is 11.9 Å². The minimum atomic E-state index is 0.0605. The molecule has 0 aromatic carbocycles. The highest BCUT2D eigenvalue weighted by Crippen LogP contribution is 2.36. The summed E-state index contributed by atoms with van der Waals surface area (Å²) in [4.78, 5) is 11.9. The van der Waals surface area contributed by atoms with Crippen LogP contribution in [0.4, 0.5) is 0 Å². The molecule has 0 heterocycles. The van der Waals surface area contributed by atoms with Crippen LogP contribution >= 0.6 is 0 Å². The van der Waals surface area contributed by atoms with Crippen molar-refractivity contribution in [3.05, 3.63) is 0 Å². The summed E-state index contributed by atoms with van der Waals surface area (Å²) in [6.07, 6.45) is 9.10. The summed E-state index contributed by atoms with van der Waals surface area (Å²) in [5, 5.41) is 0. The van der Waals surface area contributed by atoms with Gasteiger partial charge in [0.05, 0.1) is 12.5 Å². The van der Waals surface area contributed by atoms with Crippen molar-refractivity contribution in [1.29, 1.82) is 0 Å². The zero-order valence-corrected chi connectivity index (χ0v) is 13.3. The van der Waals surface area contributed by atoms with Gasteiger partial charge in [0, 0.05) is 0 Å². The van der Waals surface area contributed by atoms with E-state index in [1.807, 2.05) is 0 Å². The van der Waals surface area contributed by atoms with Crippen molar-refractivity contribution in [3.63, 3.8) is 0 Å². The second-order valence-electron chi connectivity index (χ2n) is 7.36. The zero-order valence-electron chi connectivity index (χ0n) is 13.3. The minimum absolute atomic E-state index is 0.0605. The lowest BCUT2D eigenvalue weighted by molar-refractivity contribution is -0.150. The van der Waals surface area contributed by atoms with E-state index in [4.69, 9.17) is 4.74 Å². The van der Waals surface area contributed by atoms with Crippen LogP contribution in [0.5, 0.6) is 0 Å². The Morgan fingerprint density at radius 2 is 1.74 bits per heavy atom. The fourth-order valence-corrected chi connectivity index (χ4v) is 3.11. The monoisotopic (exact) mass is 268 g/mol. The molecule has 0 atom stereocenters. The molecule has 0 aliphatic heterocycles. The summed E-state index contributed by atoms with van der Waals surface area (Å²) in [5.41, 5.74) is 0.415. The molecule has 0 aromatic heterocycles. The summed E-state index contributed by atoms with van der Waals surface area (Å²) < 4.78 is 5.38. The van der Waals surface area contributed by atoms with Gasteiger partial charge in [0.2, 0.25) is 0 Å². The van der Waals surface area contributed by atoms with Crippen LogP contribution in [0.25, 0.3) is 0 Å². The molecule has 1 aliphatic rings. The lowest BCUT2D eigenvalue weighted by atomic mass is 9.74. The number of hydrogen-bond acceptors (Lipinski definition) is 2. The summed E-state index contributed by atoms with van der Waals surface area (Å²) in [6.45, 7) is 9.70. The molecule has 1 fully saturated rings. The lowest BCUT2D eigenvalue weighted by Gasteiger charge is -2.31. The van der Waals surface area contributed by atoms with Gasteiger partial charge < -0.3 is 4.74 Å². The number of rotatable bonds is 6. The number of carbonyl (C=O) groups excluding carboxylic acids is 1. The fourth-order valence-electron chi connectivity index (χ4n) is 3.11. The van der Waals surface area contributed by atoms with Gasteiger partial charge >= 0.3 is 5.97 Å². The number of ether oxygens (including phenoxy) is 1. The van der Waals surface area contributed by atoms with Crippen LogP contribution in [0.3, 0.4) is 0 Å². The van der Waals surface area contributed by atoms with E-state index in [0.717, 1.165) is 31.6 Å². The molecule has 1 rings (SSSR count). The predicted molar refractivity (Wildman–Crippen MR) is 80.0 cm³/mol. The van der Waals surface area contributed by atoms with E-state index in [0.29, 0.717) is 12.0 Å². The minimum Gasteiger partial charge on any atom is -0.465 e. The highest BCUT2D eigenvalue weighted by Gasteiger charge is 2.29. The largest absolute Gasteiger partial charge is 0.465 e. The van der Waals surface area contributed by atoms with Crippen LogP contribution in [-0.2, 0) is 9.53 Å². The van der Waals surface area contributed by atoms with E-state index in [9.17, 15) is 4.79 Å². The lowest BCUT2D eigenvalue weighted by Crippen LogP contribution is -2.26. The Balaban J connectivity index is 2.20. The van der Waals surface area contributed by atoms with Gasteiger partial charge in [0.15, 0.2) is 0 Å². The quantitative estimate of drug-likeness (QED) is 0.502. The average molecular weight is 268 g/mol. The van der Waals surface area contributed by atoms with Crippen molar-refractivity contribution in [2.75, 3.05) is 6.61 Å². The van der Waals surface area contributed by atoms with Crippen LogP contribution in [-0.4, -0.2) is 12.6 Å². The van der Waals surface area contributed by atoms with E-state index in [1.54, 1.807) is 0 Å². The fraction of sp³-hybridized carbons (Fsp3) is 0.941. The molecule has 0 radical (unpaired) electrons. The van der Waals surface area contributed by atoms with Gasteiger partial charge in [-0.05, 0) is 49.9 Å². The van der Waals surface area contributed by atoms with Gasteiger partial charge in [-0.2, -0.15) is 0 Å². The van der Waals surface area contributed by atoms with E-state index in [2.05, 4.69) is 27.7 Å². The molecule has 19 heavy (non-hydrogen) atoms. The summed E-state index contributed by atoms with van der Waals surface area (Å²) in [7, 11) is 0. The molecule has 2 nitrogen and oxygen atoms in total. The summed E-state index contributed by atoms with van der Waals surface area (Å²) in [5.74, 6) is 1.05. The second-order valence-corrected chi connectivity index (χ2v) is 7.36. The Morgan fingerprint density at radius 1 is 1.11 bits per heavy atom. The molecule has 0 aromatic rings. The topological polar surface area (TPSA) is 26.3 Å². The van der Waals surface area contributed by atoms with Crippen LogP contribution < -0.4 is 0 Å². The SMILES string of the molecule is CCCCCOC(=O)C1CCC(CC(C)(C)C)CC1. The predicted octanol–water partition coefficient (Wildman–Crippen LogP) is 4.96. The molecule has 2 heteroatoms. The third kappa shape index (κ3) is 6.98. The average Bonchev–Trinajstić information content (AvgIpc) is 2.33. The smallest absolute Gasteiger partial charge is 0.308 e. The number of esters is 1. The zero-order chi connectivity index (χ0) is 14.3. The van der Waals surface area contributed by atoms with E-state index in [1.165, 1.54) is 25.7 Å². The molecule has 0 amide bonds. The van der Waals surface area contributed by atoms with Crippen molar-refractivity contribution in [3.8, 4) is 0 Å². The first-order valence-electron chi connectivity index (χ1n) is 8.09. The van der Waals surface area contributed by atoms with Crippen molar-refractivity contribution in [2.45, 2.75) is 79.1 Å². The Kier molecular flexibility index (Phi) is 6.88. The number of unbranched alkanes of at least 4 members (excludes halogenated alkanes) is 2. The first kappa shape index (κ1) is 16.5. The van der Waals surface area contributed by atoms with Gasteiger partial charge in [-0.25, -0.2) is 0 Å². The van der Waals surface area contributed by atoms with Crippen LogP contribution in [0.15, 0.2) is 0 Å². The molecule has 0 bridgehead atoms. The standard InChI is InChI=1S/C17H32O2/c1-5-6-7-12-19-16(18)15-10-8-14(9-11-15)13-17(2,3)4/h14-15H,5-13H2,1-4H3. The summed E-state index contributed by atoms with van der Waals surface area (Å²) in [6, 6.07) is 0. The maximum atomic E-state index is 11.9. The van der Waals surface area contributed by atoms with Crippen LogP contribution in [0, 0.1) is 17.3 Å². The molecule has 0 spiro atoms. The molecule has 1 saturated carbocycles. The Bertz CT molecular complexity index is 257. The van der Waals surface area contributed by atoms with Gasteiger partial charge in [-0.3, -0.25) is 4.79 Å². The Morgan fingerprint density at radius 3 is 2.26 bits per heavy atom. The second kappa shape index (κ2) is 7.91. The molecule has 0 saturated heterocycles. The highest BCUT2D eigenvalue weighted by molar-refractivity contribution is 5.72. The van der Waals surface area contributed by atoms with Gasteiger partial charge in [-0.15, -0.1) is 0 Å². The molecule has 112 valence electrons. The van der Waals surface area contributed by atoms with E-state index >= 15 is 0 Å².